The van der Waals surface area contributed by atoms with Gasteiger partial charge in [0.1, 0.15) is 5.82 Å². The van der Waals surface area contributed by atoms with Crippen molar-refractivity contribution in [3.63, 3.8) is 0 Å². The molecule has 6 heteroatoms. The first-order chi connectivity index (χ1) is 10.3. The van der Waals surface area contributed by atoms with Gasteiger partial charge in [-0.2, -0.15) is 0 Å². The average molecular weight is 309 g/mol. The molecule has 0 amide bonds. The number of unbranched alkanes of at least 4 members (excludes halogenated alkanes) is 2. The summed E-state index contributed by atoms with van der Waals surface area (Å²) in [5.41, 5.74) is 1.10. The molecule has 0 unspecified atom stereocenters. The van der Waals surface area contributed by atoms with E-state index >= 15 is 0 Å². The highest BCUT2D eigenvalue weighted by molar-refractivity contribution is 7.99. The van der Waals surface area contributed by atoms with E-state index in [2.05, 4.69) is 11.8 Å². The number of hydrogen-bond donors (Lipinski definition) is 0. The smallest absolute Gasteiger partial charge is 0.259 e. The standard InChI is InChI=1S/C15H23N3O2S/c1-2-3-4-5-12-13(17-6-9-20-10-7-17)16-15-18(14(12)19)8-11-21-15/h2-11H2,1H3. The molecular formula is C15H23N3O2S. The fourth-order valence-corrected chi connectivity index (χ4v) is 3.84. The maximum atomic E-state index is 12.8. The SMILES string of the molecule is CCCCCc1c(N2CCOCC2)nc2n(c1=O)CCS2. The monoisotopic (exact) mass is 309 g/mol. The van der Waals surface area contributed by atoms with E-state index in [0.29, 0.717) is 0 Å². The van der Waals surface area contributed by atoms with Crippen LogP contribution in [0, 0.1) is 0 Å². The summed E-state index contributed by atoms with van der Waals surface area (Å²) < 4.78 is 7.28. The van der Waals surface area contributed by atoms with Gasteiger partial charge in [0, 0.05) is 25.4 Å². The van der Waals surface area contributed by atoms with Crippen molar-refractivity contribution in [1.82, 2.24) is 9.55 Å². The van der Waals surface area contributed by atoms with Crippen molar-refractivity contribution >= 4 is 17.6 Å². The molecule has 0 bridgehead atoms. The van der Waals surface area contributed by atoms with Gasteiger partial charge >= 0.3 is 0 Å². The lowest BCUT2D eigenvalue weighted by molar-refractivity contribution is 0.122. The third kappa shape index (κ3) is 3.11. The minimum Gasteiger partial charge on any atom is -0.378 e. The first-order valence-electron chi connectivity index (χ1n) is 7.90. The van der Waals surface area contributed by atoms with Crippen molar-refractivity contribution in [3.05, 3.63) is 15.9 Å². The van der Waals surface area contributed by atoms with Crippen LogP contribution in [0.3, 0.4) is 0 Å². The molecule has 0 aromatic carbocycles. The van der Waals surface area contributed by atoms with Crippen molar-refractivity contribution in [2.24, 2.45) is 0 Å². The number of thioether (sulfide) groups is 1. The van der Waals surface area contributed by atoms with Crippen molar-refractivity contribution < 1.29 is 4.74 Å². The van der Waals surface area contributed by atoms with Crippen molar-refractivity contribution in [1.29, 1.82) is 0 Å². The minimum absolute atomic E-state index is 0.183. The number of anilines is 1. The summed E-state index contributed by atoms with van der Waals surface area (Å²) in [6.45, 7) is 6.11. The Morgan fingerprint density at radius 3 is 2.81 bits per heavy atom. The third-order valence-electron chi connectivity index (χ3n) is 4.09. The fraction of sp³-hybridized carbons (Fsp3) is 0.733. The van der Waals surface area contributed by atoms with Gasteiger partial charge in [-0.15, -0.1) is 0 Å². The zero-order valence-corrected chi connectivity index (χ0v) is 13.5. The van der Waals surface area contributed by atoms with Crippen molar-refractivity contribution in [2.75, 3.05) is 37.0 Å². The Bertz CT molecular complexity index is 553. The second-order valence-electron chi connectivity index (χ2n) is 5.56. The molecule has 1 aromatic rings. The molecule has 0 spiro atoms. The second-order valence-corrected chi connectivity index (χ2v) is 6.62. The lowest BCUT2D eigenvalue weighted by Gasteiger charge is -2.29. The highest BCUT2D eigenvalue weighted by atomic mass is 32.2. The highest BCUT2D eigenvalue weighted by Crippen LogP contribution is 2.27. The van der Waals surface area contributed by atoms with E-state index in [1.165, 1.54) is 12.8 Å². The van der Waals surface area contributed by atoms with Gasteiger partial charge in [-0.25, -0.2) is 4.98 Å². The number of morpholine rings is 1. The molecule has 0 aliphatic carbocycles. The lowest BCUT2D eigenvalue weighted by atomic mass is 10.1. The summed E-state index contributed by atoms with van der Waals surface area (Å²) >= 11 is 1.69. The molecule has 21 heavy (non-hydrogen) atoms. The van der Waals surface area contributed by atoms with Crippen LogP contribution in [-0.4, -0.2) is 41.6 Å². The van der Waals surface area contributed by atoms with Gasteiger partial charge in [0.15, 0.2) is 5.16 Å². The Morgan fingerprint density at radius 1 is 1.24 bits per heavy atom. The van der Waals surface area contributed by atoms with Crippen molar-refractivity contribution in [3.8, 4) is 0 Å². The van der Waals surface area contributed by atoms with E-state index in [1.54, 1.807) is 11.8 Å². The van der Waals surface area contributed by atoms with Crippen LogP contribution in [0.15, 0.2) is 9.95 Å². The van der Waals surface area contributed by atoms with E-state index in [9.17, 15) is 4.79 Å². The third-order valence-corrected chi connectivity index (χ3v) is 5.05. The van der Waals surface area contributed by atoms with Crippen LogP contribution in [0.4, 0.5) is 5.82 Å². The molecule has 0 atom stereocenters. The van der Waals surface area contributed by atoms with Crippen LogP contribution in [0.5, 0.6) is 0 Å². The molecule has 1 fully saturated rings. The quantitative estimate of drug-likeness (QED) is 0.614. The molecule has 0 saturated carbocycles. The van der Waals surface area contributed by atoms with Gasteiger partial charge in [0.2, 0.25) is 0 Å². The van der Waals surface area contributed by atoms with E-state index < -0.39 is 0 Å². The molecule has 0 N–H and O–H groups in total. The average Bonchev–Trinajstić information content (AvgIpc) is 2.99. The maximum absolute atomic E-state index is 12.8. The molecule has 3 rings (SSSR count). The topological polar surface area (TPSA) is 47.4 Å². The van der Waals surface area contributed by atoms with E-state index in [4.69, 9.17) is 9.72 Å². The lowest BCUT2D eigenvalue weighted by Crippen LogP contribution is -2.39. The van der Waals surface area contributed by atoms with Crippen LogP contribution < -0.4 is 10.5 Å². The van der Waals surface area contributed by atoms with E-state index in [0.717, 1.165) is 68.0 Å². The Balaban J connectivity index is 1.95. The molecule has 2 aliphatic heterocycles. The molecule has 0 radical (unpaired) electrons. The number of ether oxygens (including phenoxy) is 1. The molecule has 2 aliphatic rings. The summed E-state index contributed by atoms with van der Waals surface area (Å²) in [6.07, 6.45) is 4.25. The predicted octanol–water partition coefficient (Wildman–Crippen LogP) is 1.92. The Kier molecular flexibility index (Phi) is 4.85. The largest absolute Gasteiger partial charge is 0.378 e. The van der Waals surface area contributed by atoms with E-state index in [1.807, 2.05) is 4.57 Å². The van der Waals surface area contributed by atoms with Gasteiger partial charge in [0.05, 0.1) is 18.8 Å². The predicted molar refractivity (Wildman–Crippen MR) is 85.5 cm³/mol. The summed E-state index contributed by atoms with van der Waals surface area (Å²) in [5.74, 6) is 1.88. The maximum Gasteiger partial charge on any atom is 0.259 e. The van der Waals surface area contributed by atoms with Crippen LogP contribution in [0.25, 0.3) is 0 Å². The minimum atomic E-state index is 0.183. The van der Waals surface area contributed by atoms with E-state index in [-0.39, 0.29) is 5.56 Å². The number of hydrogen-bond acceptors (Lipinski definition) is 5. The van der Waals surface area contributed by atoms with Gasteiger partial charge < -0.3 is 9.64 Å². The Morgan fingerprint density at radius 2 is 2.05 bits per heavy atom. The van der Waals surface area contributed by atoms with Crippen LogP contribution in [-0.2, 0) is 17.7 Å². The fourth-order valence-electron chi connectivity index (χ4n) is 2.91. The summed E-state index contributed by atoms with van der Waals surface area (Å²) in [7, 11) is 0. The summed E-state index contributed by atoms with van der Waals surface area (Å²) in [4.78, 5) is 19.8. The Labute approximate surface area is 129 Å². The molecule has 116 valence electrons. The zero-order valence-electron chi connectivity index (χ0n) is 12.6. The van der Waals surface area contributed by atoms with Crippen LogP contribution in [0.2, 0.25) is 0 Å². The van der Waals surface area contributed by atoms with Gasteiger partial charge in [-0.1, -0.05) is 31.5 Å². The zero-order chi connectivity index (χ0) is 14.7. The van der Waals surface area contributed by atoms with Gasteiger partial charge in [-0.05, 0) is 12.8 Å². The summed E-state index contributed by atoms with van der Waals surface area (Å²) in [6, 6.07) is 0. The first-order valence-corrected chi connectivity index (χ1v) is 8.89. The second kappa shape index (κ2) is 6.83. The first kappa shape index (κ1) is 14.9. The normalized spacial score (nSPS) is 18.0. The van der Waals surface area contributed by atoms with Crippen LogP contribution in [0.1, 0.15) is 31.7 Å². The number of fused-ring (bicyclic) bond motifs is 1. The number of rotatable bonds is 5. The van der Waals surface area contributed by atoms with Gasteiger partial charge in [-0.3, -0.25) is 9.36 Å². The molecule has 1 aromatic heterocycles. The van der Waals surface area contributed by atoms with Crippen LogP contribution >= 0.6 is 11.8 Å². The molecule has 3 heterocycles. The highest BCUT2D eigenvalue weighted by Gasteiger charge is 2.24. The Hall–Kier alpha value is -1.01. The van der Waals surface area contributed by atoms with Gasteiger partial charge in [0.25, 0.3) is 5.56 Å². The summed E-state index contributed by atoms with van der Waals surface area (Å²) in [5, 5.41) is 0.890. The molecular weight excluding hydrogens is 286 g/mol. The van der Waals surface area contributed by atoms with Crippen molar-refractivity contribution in [2.45, 2.75) is 44.3 Å². The number of nitrogens with zero attached hydrogens (tertiary/aromatic N) is 3. The molecule has 1 saturated heterocycles. The molecule has 5 nitrogen and oxygen atoms in total. The number of aromatic nitrogens is 2.